The molecule has 3 nitrogen and oxygen atoms in total. The maximum absolute atomic E-state index is 13.0. The monoisotopic (exact) mass is 393 g/mol. The van der Waals surface area contributed by atoms with E-state index in [0.29, 0.717) is 11.4 Å². The van der Waals surface area contributed by atoms with Crippen LogP contribution in [-0.4, -0.2) is 25.3 Å². The molecular formula is C23H39NO2S. The number of hydrogen-bond donors (Lipinski definition) is 0. The summed E-state index contributed by atoms with van der Waals surface area (Å²) in [5.74, 6) is 0. The zero-order chi connectivity index (χ0) is 19.5. The lowest BCUT2D eigenvalue weighted by atomic mass is 10.0. The van der Waals surface area contributed by atoms with Gasteiger partial charge in [0.15, 0.2) is 0 Å². The van der Waals surface area contributed by atoms with Crippen LogP contribution in [0.1, 0.15) is 96.0 Å². The minimum absolute atomic E-state index is 0.199. The molecule has 0 spiro atoms. The van der Waals surface area contributed by atoms with E-state index in [0.717, 1.165) is 31.2 Å². The van der Waals surface area contributed by atoms with Gasteiger partial charge in [-0.25, -0.2) is 8.42 Å². The average Bonchev–Trinajstić information content (AvgIpc) is 3.13. The molecule has 1 saturated heterocycles. The van der Waals surface area contributed by atoms with E-state index < -0.39 is 10.0 Å². The first kappa shape index (κ1) is 22.4. The first-order valence-electron chi connectivity index (χ1n) is 11.1. The highest BCUT2D eigenvalue weighted by Gasteiger charge is 2.34. The third-order valence-corrected chi connectivity index (χ3v) is 7.81. The molecule has 1 atom stereocenters. The third kappa shape index (κ3) is 7.23. The summed E-state index contributed by atoms with van der Waals surface area (Å²) >= 11 is 0. The van der Waals surface area contributed by atoms with Gasteiger partial charge >= 0.3 is 0 Å². The molecule has 0 saturated carbocycles. The topological polar surface area (TPSA) is 37.4 Å². The van der Waals surface area contributed by atoms with Crippen LogP contribution in [0.15, 0.2) is 29.2 Å². The minimum atomic E-state index is -3.33. The Morgan fingerprint density at radius 1 is 0.889 bits per heavy atom. The fourth-order valence-electron chi connectivity index (χ4n) is 4.13. The van der Waals surface area contributed by atoms with E-state index in [1.54, 1.807) is 16.4 Å². The first-order valence-corrected chi connectivity index (χ1v) is 12.6. The molecule has 2 rings (SSSR count). The van der Waals surface area contributed by atoms with Crippen LogP contribution in [0.5, 0.6) is 0 Å². The Hall–Kier alpha value is -0.870. The lowest BCUT2D eigenvalue weighted by Gasteiger charge is -2.24. The number of benzene rings is 1. The summed E-state index contributed by atoms with van der Waals surface area (Å²) in [7, 11) is -3.33. The number of hydrogen-bond acceptors (Lipinski definition) is 2. The largest absolute Gasteiger partial charge is 0.243 e. The molecule has 1 aromatic carbocycles. The highest BCUT2D eigenvalue weighted by atomic mass is 32.2. The van der Waals surface area contributed by atoms with E-state index >= 15 is 0 Å². The molecule has 27 heavy (non-hydrogen) atoms. The molecule has 1 fully saturated rings. The number of unbranched alkanes of at least 4 members (excludes halogenated alkanes) is 9. The zero-order valence-corrected chi connectivity index (χ0v) is 18.3. The Kier molecular flexibility index (Phi) is 9.84. The summed E-state index contributed by atoms with van der Waals surface area (Å²) in [4.78, 5) is 0.447. The van der Waals surface area contributed by atoms with Crippen molar-refractivity contribution in [2.75, 3.05) is 6.54 Å². The molecule has 0 N–H and O–H groups in total. The highest BCUT2D eigenvalue weighted by Crippen LogP contribution is 2.29. The van der Waals surface area contributed by atoms with Crippen molar-refractivity contribution in [1.29, 1.82) is 0 Å². The molecule has 4 heteroatoms. The Bertz CT molecular complexity index is 624. The van der Waals surface area contributed by atoms with Gasteiger partial charge in [-0.05, 0) is 38.3 Å². The van der Waals surface area contributed by atoms with Crippen molar-refractivity contribution < 1.29 is 8.42 Å². The SMILES string of the molecule is CCCCCCCCCCCCC1CCCN1S(=O)(=O)c1ccc(C)cc1. The first-order chi connectivity index (χ1) is 13.1. The van der Waals surface area contributed by atoms with Crippen LogP contribution in [0.2, 0.25) is 0 Å². The van der Waals surface area contributed by atoms with Crippen LogP contribution >= 0.6 is 0 Å². The van der Waals surface area contributed by atoms with Crippen molar-refractivity contribution in [2.45, 2.75) is 108 Å². The van der Waals surface area contributed by atoms with E-state index in [4.69, 9.17) is 0 Å². The third-order valence-electron chi connectivity index (χ3n) is 5.84. The predicted molar refractivity (Wildman–Crippen MR) is 115 cm³/mol. The van der Waals surface area contributed by atoms with Gasteiger partial charge in [0.05, 0.1) is 4.90 Å². The fraction of sp³-hybridized carbons (Fsp3) is 0.739. The molecule has 0 aliphatic carbocycles. The number of rotatable bonds is 13. The maximum atomic E-state index is 13.0. The van der Waals surface area contributed by atoms with E-state index in [-0.39, 0.29) is 6.04 Å². The van der Waals surface area contributed by atoms with E-state index in [1.165, 1.54) is 57.8 Å². The van der Waals surface area contributed by atoms with Crippen LogP contribution < -0.4 is 0 Å². The van der Waals surface area contributed by atoms with Crippen molar-refractivity contribution >= 4 is 10.0 Å². The summed E-state index contributed by atoms with van der Waals surface area (Å²) in [6.45, 7) is 4.93. The molecular weight excluding hydrogens is 354 g/mol. The van der Waals surface area contributed by atoms with Crippen molar-refractivity contribution in [2.24, 2.45) is 0 Å². The zero-order valence-electron chi connectivity index (χ0n) is 17.5. The van der Waals surface area contributed by atoms with E-state index in [2.05, 4.69) is 6.92 Å². The normalized spacial score (nSPS) is 18.2. The maximum Gasteiger partial charge on any atom is 0.243 e. The van der Waals surface area contributed by atoms with Crippen LogP contribution in [0.25, 0.3) is 0 Å². The van der Waals surface area contributed by atoms with Gasteiger partial charge in [0.1, 0.15) is 0 Å². The standard InChI is InChI=1S/C23H39NO2S/c1-3-4-5-6-7-8-9-10-11-12-14-22-15-13-20-24(22)27(25,26)23-18-16-21(2)17-19-23/h16-19,22H,3-15,20H2,1-2H3. The molecule has 154 valence electrons. The fourth-order valence-corrected chi connectivity index (χ4v) is 5.85. The summed E-state index contributed by atoms with van der Waals surface area (Å²) in [5, 5.41) is 0. The smallest absolute Gasteiger partial charge is 0.207 e. The van der Waals surface area contributed by atoms with Gasteiger partial charge in [0.25, 0.3) is 0 Å². The molecule has 1 heterocycles. The van der Waals surface area contributed by atoms with Crippen LogP contribution in [0.3, 0.4) is 0 Å². The van der Waals surface area contributed by atoms with Gasteiger partial charge in [0, 0.05) is 12.6 Å². The minimum Gasteiger partial charge on any atom is -0.207 e. The molecule has 0 amide bonds. The Morgan fingerprint density at radius 2 is 1.44 bits per heavy atom. The molecule has 1 aliphatic heterocycles. The molecule has 0 radical (unpaired) electrons. The molecule has 1 aliphatic rings. The molecule has 1 unspecified atom stereocenters. The molecule has 1 aromatic rings. The van der Waals surface area contributed by atoms with Gasteiger partial charge in [-0.3, -0.25) is 0 Å². The van der Waals surface area contributed by atoms with Crippen molar-refractivity contribution in [3.05, 3.63) is 29.8 Å². The lowest BCUT2D eigenvalue weighted by molar-refractivity contribution is 0.359. The van der Waals surface area contributed by atoms with Gasteiger partial charge in [-0.1, -0.05) is 88.8 Å². The summed E-state index contributed by atoms with van der Waals surface area (Å²) in [6, 6.07) is 7.48. The van der Waals surface area contributed by atoms with Gasteiger partial charge in [0.2, 0.25) is 10.0 Å². The Balaban J connectivity index is 1.68. The summed E-state index contributed by atoms with van der Waals surface area (Å²) < 4.78 is 27.7. The predicted octanol–water partition coefficient (Wildman–Crippen LogP) is 6.46. The lowest BCUT2D eigenvalue weighted by Crippen LogP contribution is -2.35. The van der Waals surface area contributed by atoms with Crippen molar-refractivity contribution in [1.82, 2.24) is 4.31 Å². The van der Waals surface area contributed by atoms with E-state index in [1.807, 2.05) is 19.1 Å². The number of sulfonamides is 1. The van der Waals surface area contributed by atoms with Crippen LogP contribution in [0, 0.1) is 6.92 Å². The van der Waals surface area contributed by atoms with Gasteiger partial charge in [-0.2, -0.15) is 4.31 Å². The summed E-state index contributed by atoms with van der Waals surface area (Å²) in [6.07, 6.45) is 16.3. The van der Waals surface area contributed by atoms with Gasteiger partial charge < -0.3 is 0 Å². The second kappa shape index (κ2) is 11.9. The van der Waals surface area contributed by atoms with Gasteiger partial charge in [-0.15, -0.1) is 0 Å². The second-order valence-corrected chi connectivity index (χ2v) is 10.1. The Labute approximate surface area is 167 Å². The average molecular weight is 394 g/mol. The van der Waals surface area contributed by atoms with E-state index in [9.17, 15) is 8.42 Å². The highest BCUT2D eigenvalue weighted by molar-refractivity contribution is 7.89. The molecule has 0 aromatic heterocycles. The van der Waals surface area contributed by atoms with Crippen LogP contribution in [-0.2, 0) is 10.0 Å². The van der Waals surface area contributed by atoms with Crippen molar-refractivity contribution in [3.8, 4) is 0 Å². The number of nitrogens with zero attached hydrogens (tertiary/aromatic N) is 1. The van der Waals surface area contributed by atoms with Crippen molar-refractivity contribution in [3.63, 3.8) is 0 Å². The van der Waals surface area contributed by atoms with Crippen LogP contribution in [0.4, 0.5) is 0 Å². The molecule has 0 bridgehead atoms. The summed E-state index contributed by atoms with van der Waals surface area (Å²) in [5.41, 5.74) is 1.09. The second-order valence-electron chi connectivity index (χ2n) is 8.20. The Morgan fingerprint density at radius 3 is 2.04 bits per heavy atom. The number of aryl methyl sites for hydroxylation is 1. The quantitative estimate of drug-likeness (QED) is 0.361.